The molecule has 1 fully saturated rings. The maximum atomic E-state index is 13.7. The third-order valence-electron chi connectivity index (χ3n) is 6.45. The first kappa shape index (κ1) is 24.1. The minimum Gasteiger partial charge on any atom is -0.367 e. The lowest BCUT2D eigenvalue weighted by Gasteiger charge is -2.36. The van der Waals surface area contributed by atoms with Crippen LogP contribution in [0.25, 0.3) is 10.9 Å². The van der Waals surface area contributed by atoms with Crippen LogP contribution in [0.15, 0.2) is 82.3 Å². The zero-order chi connectivity index (χ0) is 25.4. The fourth-order valence-corrected chi connectivity index (χ4v) is 6.42. The monoisotopic (exact) mass is 562 g/mol. The summed E-state index contributed by atoms with van der Waals surface area (Å²) in [5.74, 6) is -0.228. The van der Waals surface area contributed by atoms with Crippen molar-refractivity contribution in [2.45, 2.75) is 11.8 Å². The third kappa shape index (κ3) is 4.27. The summed E-state index contributed by atoms with van der Waals surface area (Å²) in [4.78, 5) is 17.7. The number of piperazine rings is 1. The number of nitrogens with zero attached hydrogens (tertiary/aromatic N) is 4. The van der Waals surface area contributed by atoms with Crippen LogP contribution < -0.4 is 4.90 Å². The predicted octanol–water partition coefficient (Wildman–Crippen LogP) is 4.78. The zero-order valence-electron chi connectivity index (χ0n) is 19.6. The van der Waals surface area contributed by atoms with Gasteiger partial charge in [-0.3, -0.25) is 4.79 Å². The van der Waals surface area contributed by atoms with E-state index >= 15 is 0 Å². The number of carbonyl (C=O) groups excluding carboxylic acids is 1. The molecule has 2 heterocycles. The van der Waals surface area contributed by atoms with Crippen LogP contribution in [0, 0.1) is 18.3 Å². The molecule has 0 bridgehead atoms. The highest BCUT2D eigenvalue weighted by Gasteiger charge is 2.28. The Morgan fingerprint density at radius 1 is 0.972 bits per heavy atom. The molecule has 4 aromatic rings. The first-order valence-corrected chi connectivity index (χ1v) is 13.7. The van der Waals surface area contributed by atoms with Gasteiger partial charge in [-0.2, -0.15) is 5.26 Å². The van der Waals surface area contributed by atoms with E-state index in [4.69, 9.17) is 0 Å². The second-order valence-corrected chi connectivity index (χ2v) is 11.5. The molecule has 1 saturated heterocycles. The molecule has 36 heavy (non-hydrogen) atoms. The minimum atomic E-state index is -3.90. The first-order valence-electron chi connectivity index (χ1n) is 11.5. The lowest BCUT2D eigenvalue weighted by molar-refractivity contribution is 0.0748. The molecule has 1 aliphatic heterocycles. The Kier molecular flexibility index (Phi) is 6.33. The molecule has 182 valence electrons. The van der Waals surface area contributed by atoms with Crippen molar-refractivity contribution in [2.75, 3.05) is 31.1 Å². The summed E-state index contributed by atoms with van der Waals surface area (Å²) < 4.78 is 28.9. The Balaban J connectivity index is 1.48. The van der Waals surface area contributed by atoms with E-state index in [0.29, 0.717) is 52.7 Å². The molecule has 0 N–H and O–H groups in total. The molecule has 5 rings (SSSR count). The number of amides is 1. The second-order valence-electron chi connectivity index (χ2n) is 8.73. The number of fused-ring (bicyclic) bond motifs is 1. The van der Waals surface area contributed by atoms with Gasteiger partial charge in [-0.15, -0.1) is 0 Å². The molecule has 3 aromatic carbocycles. The Bertz CT molecular complexity index is 1610. The van der Waals surface area contributed by atoms with Crippen molar-refractivity contribution in [3.05, 3.63) is 94.1 Å². The number of hydrogen-bond donors (Lipinski definition) is 0. The van der Waals surface area contributed by atoms with E-state index in [1.165, 1.54) is 10.2 Å². The molecule has 0 spiro atoms. The standard InChI is InChI=1S/C27H23BrN4O3S/c1-19-6-8-23(9-7-19)36(34,35)32-11-10-20-16-22(28)17-24(26(20)32)27(33)31-14-12-30(13-15-31)25-5-3-2-4-21(25)18-29/h2-11,16-17H,12-15H2,1H3. The highest BCUT2D eigenvalue weighted by Crippen LogP contribution is 2.30. The molecule has 0 aliphatic carbocycles. The zero-order valence-corrected chi connectivity index (χ0v) is 22.0. The third-order valence-corrected chi connectivity index (χ3v) is 8.60. The molecule has 7 nitrogen and oxygen atoms in total. The van der Waals surface area contributed by atoms with Crippen LogP contribution in [-0.2, 0) is 10.0 Å². The smallest absolute Gasteiger partial charge is 0.268 e. The highest BCUT2D eigenvalue weighted by molar-refractivity contribution is 9.10. The van der Waals surface area contributed by atoms with Crippen LogP contribution in [0.3, 0.4) is 0 Å². The molecule has 0 unspecified atom stereocenters. The number of benzene rings is 3. The normalized spacial score (nSPS) is 14.1. The molecular formula is C27H23BrN4O3S. The number of para-hydroxylation sites is 1. The van der Waals surface area contributed by atoms with Crippen LogP contribution in [-0.4, -0.2) is 49.4 Å². The Hall–Kier alpha value is -3.61. The van der Waals surface area contributed by atoms with Crippen molar-refractivity contribution in [3.8, 4) is 6.07 Å². The number of halogens is 1. The number of nitriles is 1. The summed E-state index contributed by atoms with van der Waals surface area (Å²) in [5.41, 5.74) is 3.11. The summed E-state index contributed by atoms with van der Waals surface area (Å²) in [7, 11) is -3.90. The van der Waals surface area contributed by atoms with Crippen molar-refractivity contribution >= 4 is 48.5 Å². The van der Waals surface area contributed by atoms with Gasteiger partial charge in [-0.05, 0) is 49.4 Å². The average molecular weight is 563 g/mol. The quantitative estimate of drug-likeness (QED) is 0.357. The van der Waals surface area contributed by atoms with E-state index in [-0.39, 0.29) is 10.8 Å². The topological polar surface area (TPSA) is 86.4 Å². The molecule has 0 saturated carbocycles. The summed E-state index contributed by atoms with van der Waals surface area (Å²) in [6, 6.07) is 21.5. The number of aromatic nitrogens is 1. The molecule has 0 atom stereocenters. The average Bonchev–Trinajstić information content (AvgIpc) is 3.33. The molecule has 1 aliphatic rings. The van der Waals surface area contributed by atoms with Gasteiger partial charge in [0.1, 0.15) is 6.07 Å². The van der Waals surface area contributed by atoms with Gasteiger partial charge in [0.15, 0.2) is 0 Å². The number of hydrogen-bond acceptors (Lipinski definition) is 5. The van der Waals surface area contributed by atoms with E-state index in [0.717, 1.165) is 11.3 Å². The minimum absolute atomic E-state index is 0.164. The van der Waals surface area contributed by atoms with Gasteiger partial charge in [0.05, 0.1) is 27.2 Å². The Morgan fingerprint density at radius 3 is 2.36 bits per heavy atom. The predicted molar refractivity (Wildman–Crippen MR) is 143 cm³/mol. The SMILES string of the molecule is Cc1ccc(S(=O)(=O)n2ccc3cc(Br)cc(C(=O)N4CCN(c5ccccc5C#N)CC4)c32)cc1. The summed E-state index contributed by atoms with van der Waals surface area (Å²) >= 11 is 3.48. The lowest BCUT2D eigenvalue weighted by atomic mass is 10.1. The Morgan fingerprint density at radius 2 is 1.67 bits per heavy atom. The van der Waals surface area contributed by atoms with Crippen LogP contribution in [0.2, 0.25) is 0 Å². The van der Waals surface area contributed by atoms with Crippen molar-refractivity contribution in [2.24, 2.45) is 0 Å². The van der Waals surface area contributed by atoms with Crippen molar-refractivity contribution in [3.63, 3.8) is 0 Å². The first-order chi connectivity index (χ1) is 17.3. The van der Waals surface area contributed by atoms with Crippen molar-refractivity contribution in [1.29, 1.82) is 5.26 Å². The fraction of sp³-hybridized carbons (Fsp3) is 0.185. The van der Waals surface area contributed by atoms with Gasteiger partial charge >= 0.3 is 0 Å². The van der Waals surface area contributed by atoms with Gasteiger partial charge in [0, 0.05) is 42.2 Å². The second kappa shape index (κ2) is 9.45. The maximum absolute atomic E-state index is 13.7. The van der Waals surface area contributed by atoms with E-state index in [9.17, 15) is 18.5 Å². The van der Waals surface area contributed by atoms with Crippen LogP contribution in [0.4, 0.5) is 5.69 Å². The van der Waals surface area contributed by atoms with E-state index < -0.39 is 10.0 Å². The van der Waals surface area contributed by atoms with Gasteiger partial charge in [-0.1, -0.05) is 45.8 Å². The number of carbonyl (C=O) groups is 1. The fourth-order valence-electron chi connectivity index (χ4n) is 4.57. The van der Waals surface area contributed by atoms with Gasteiger partial charge < -0.3 is 9.80 Å². The number of aryl methyl sites for hydroxylation is 1. The van der Waals surface area contributed by atoms with E-state index in [1.54, 1.807) is 47.4 Å². The summed E-state index contributed by atoms with van der Waals surface area (Å²) in [5, 5.41) is 10.1. The lowest BCUT2D eigenvalue weighted by Crippen LogP contribution is -2.49. The number of anilines is 1. The highest BCUT2D eigenvalue weighted by atomic mass is 79.9. The van der Waals surface area contributed by atoms with Gasteiger partial charge in [0.2, 0.25) is 0 Å². The molecular weight excluding hydrogens is 540 g/mol. The van der Waals surface area contributed by atoms with Crippen LogP contribution in [0.5, 0.6) is 0 Å². The Labute approximate surface area is 218 Å². The maximum Gasteiger partial charge on any atom is 0.268 e. The van der Waals surface area contributed by atoms with Gasteiger partial charge in [-0.25, -0.2) is 12.4 Å². The van der Waals surface area contributed by atoms with Crippen molar-refractivity contribution in [1.82, 2.24) is 8.87 Å². The van der Waals surface area contributed by atoms with Crippen molar-refractivity contribution < 1.29 is 13.2 Å². The molecule has 1 amide bonds. The molecule has 0 radical (unpaired) electrons. The molecule has 1 aromatic heterocycles. The van der Waals surface area contributed by atoms with Crippen LogP contribution >= 0.6 is 15.9 Å². The largest absolute Gasteiger partial charge is 0.367 e. The summed E-state index contributed by atoms with van der Waals surface area (Å²) in [6.07, 6.45) is 1.50. The van der Waals surface area contributed by atoms with Gasteiger partial charge in [0.25, 0.3) is 15.9 Å². The van der Waals surface area contributed by atoms with E-state index in [2.05, 4.69) is 26.9 Å². The van der Waals surface area contributed by atoms with Crippen LogP contribution in [0.1, 0.15) is 21.5 Å². The molecule has 9 heteroatoms. The number of rotatable bonds is 4. The van der Waals surface area contributed by atoms with E-state index in [1.807, 2.05) is 31.2 Å². The summed E-state index contributed by atoms with van der Waals surface area (Å²) in [6.45, 7) is 3.96.